The summed E-state index contributed by atoms with van der Waals surface area (Å²) >= 11 is 1.40. The van der Waals surface area contributed by atoms with E-state index in [0.29, 0.717) is 10.9 Å². The number of nitrogens with zero attached hydrogens (tertiary/aromatic N) is 2. The zero-order chi connectivity index (χ0) is 17.1. The number of carbonyl (C=O) groups is 1. The lowest BCUT2D eigenvalue weighted by molar-refractivity contribution is 0.102. The van der Waals surface area contributed by atoms with E-state index in [1.807, 2.05) is 36.6 Å². The van der Waals surface area contributed by atoms with Crippen molar-refractivity contribution in [1.82, 2.24) is 9.55 Å². The molecule has 0 spiro atoms. The standard InChI is InChI=1S/C17H13F2N3OS/c1-24-17-20-10-15(22(17)12-5-3-2-4-6-12)16(23)21-11-7-8-13(18)14(19)9-11/h2-10H,1H3,(H,21,23). The summed E-state index contributed by atoms with van der Waals surface area (Å²) in [6.45, 7) is 0. The molecule has 0 aliphatic rings. The minimum absolute atomic E-state index is 0.172. The topological polar surface area (TPSA) is 46.9 Å². The molecule has 4 nitrogen and oxygen atoms in total. The van der Waals surface area contributed by atoms with E-state index in [9.17, 15) is 13.6 Å². The minimum atomic E-state index is -1.02. The Bertz CT molecular complexity index is 881. The van der Waals surface area contributed by atoms with Crippen LogP contribution in [0.2, 0.25) is 0 Å². The van der Waals surface area contributed by atoms with Crippen LogP contribution in [0.25, 0.3) is 5.69 Å². The van der Waals surface area contributed by atoms with Gasteiger partial charge in [-0.2, -0.15) is 0 Å². The van der Waals surface area contributed by atoms with Crippen molar-refractivity contribution in [1.29, 1.82) is 0 Å². The van der Waals surface area contributed by atoms with Crippen molar-refractivity contribution < 1.29 is 13.6 Å². The van der Waals surface area contributed by atoms with Crippen LogP contribution in [0.4, 0.5) is 14.5 Å². The number of thioether (sulfide) groups is 1. The number of aromatic nitrogens is 2. The summed E-state index contributed by atoms with van der Waals surface area (Å²) in [6, 6.07) is 12.5. The van der Waals surface area contributed by atoms with E-state index < -0.39 is 17.5 Å². The summed E-state index contributed by atoms with van der Waals surface area (Å²) in [5, 5.41) is 3.21. The van der Waals surface area contributed by atoms with Gasteiger partial charge in [-0.05, 0) is 30.5 Å². The summed E-state index contributed by atoms with van der Waals surface area (Å²) in [6.07, 6.45) is 3.31. The highest BCUT2D eigenvalue weighted by Gasteiger charge is 2.18. The number of para-hydroxylation sites is 1. The highest BCUT2D eigenvalue weighted by Crippen LogP contribution is 2.22. The molecule has 0 radical (unpaired) electrons. The van der Waals surface area contributed by atoms with Crippen molar-refractivity contribution in [2.75, 3.05) is 11.6 Å². The quantitative estimate of drug-likeness (QED) is 0.724. The number of amides is 1. The van der Waals surface area contributed by atoms with Gasteiger partial charge in [0.25, 0.3) is 5.91 Å². The maximum Gasteiger partial charge on any atom is 0.274 e. The van der Waals surface area contributed by atoms with E-state index in [4.69, 9.17) is 0 Å². The average Bonchev–Trinajstić information content (AvgIpc) is 3.03. The third kappa shape index (κ3) is 3.16. The summed E-state index contributed by atoms with van der Waals surface area (Å²) < 4.78 is 28.0. The fourth-order valence-electron chi connectivity index (χ4n) is 2.23. The molecule has 1 heterocycles. The molecule has 0 bridgehead atoms. The largest absolute Gasteiger partial charge is 0.321 e. The predicted molar refractivity (Wildman–Crippen MR) is 89.7 cm³/mol. The number of halogens is 2. The number of hydrogen-bond acceptors (Lipinski definition) is 3. The van der Waals surface area contributed by atoms with Crippen LogP contribution in [-0.4, -0.2) is 21.7 Å². The van der Waals surface area contributed by atoms with E-state index in [1.54, 1.807) is 4.57 Å². The molecular weight excluding hydrogens is 332 g/mol. The third-order valence-corrected chi connectivity index (χ3v) is 3.99. The molecule has 0 saturated carbocycles. The number of imidazole rings is 1. The molecule has 122 valence electrons. The first-order chi connectivity index (χ1) is 11.6. The second-order valence-electron chi connectivity index (χ2n) is 4.88. The number of hydrogen-bond donors (Lipinski definition) is 1. The average molecular weight is 345 g/mol. The molecule has 1 N–H and O–H groups in total. The predicted octanol–water partition coefficient (Wildman–Crippen LogP) is 4.12. The van der Waals surface area contributed by atoms with Gasteiger partial charge in [-0.3, -0.25) is 9.36 Å². The SMILES string of the molecule is CSc1ncc(C(=O)Nc2ccc(F)c(F)c2)n1-c1ccccc1. The molecule has 0 fully saturated rings. The molecule has 3 rings (SSSR count). The molecule has 3 aromatic rings. The second-order valence-corrected chi connectivity index (χ2v) is 5.66. The van der Waals surface area contributed by atoms with Crippen molar-refractivity contribution >= 4 is 23.4 Å². The lowest BCUT2D eigenvalue weighted by Gasteiger charge is -2.11. The van der Waals surface area contributed by atoms with Gasteiger partial charge in [-0.25, -0.2) is 13.8 Å². The molecule has 0 saturated heterocycles. The van der Waals surface area contributed by atoms with Gasteiger partial charge in [0.2, 0.25) is 0 Å². The van der Waals surface area contributed by atoms with Gasteiger partial charge in [0.05, 0.1) is 6.20 Å². The number of benzene rings is 2. The number of carbonyl (C=O) groups excluding carboxylic acids is 1. The monoisotopic (exact) mass is 345 g/mol. The number of anilines is 1. The molecule has 7 heteroatoms. The van der Waals surface area contributed by atoms with Gasteiger partial charge in [0.15, 0.2) is 16.8 Å². The maximum absolute atomic E-state index is 13.3. The lowest BCUT2D eigenvalue weighted by Crippen LogP contribution is -2.16. The van der Waals surface area contributed by atoms with Gasteiger partial charge < -0.3 is 5.32 Å². The molecule has 0 aliphatic carbocycles. The van der Waals surface area contributed by atoms with E-state index in [1.165, 1.54) is 24.0 Å². The first-order valence-corrected chi connectivity index (χ1v) is 8.26. The Labute approximate surface area is 141 Å². The Morgan fingerprint density at radius 1 is 1.12 bits per heavy atom. The Hall–Kier alpha value is -2.67. The van der Waals surface area contributed by atoms with Crippen molar-refractivity contribution in [2.24, 2.45) is 0 Å². The first kappa shape index (κ1) is 16.2. The maximum atomic E-state index is 13.3. The zero-order valence-electron chi connectivity index (χ0n) is 12.7. The van der Waals surface area contributed by atoms with E-state index in [2.05, 4.69) is 10.3 Å². The summed E-state index contributed by atoms with van der Waals surface area (Å²) in [5.41, 5.74) is 1.26. The normalized spacial score (nSPS) is 10.6. The van der Waals surface area contributed by atoms with Crippen molar-refractivity contribution in [3.8, 4) is 5.69 Å². The van der Waals surface area contributed by atoms with E-state index in [-0.39, 0.29) is 5.69 Å². The Morgan fingerprint density at radius 3 is 2.54 bits per heavy atom. The molecule has 1 amide bonds. The van der Waals surface area contributed by atoms with Crippen LogP contribution < -0.4 is 5.32 Å². The molecule has 2 aromatic carbocycles. The van der Waals surface area contributed by atoms with Gasteiger partial charge in [0.1, 0.15) is 5.69 Å². The molecule has 0 unspecified atom stereocenters. The number of rotatable bonds is 4. The molecular formula is C17H13F2N3OS. The number of nitrogens with one attached hydrogen (secondary N) is 1. The van der Waals surface area contributed by atoms with Crippen LogP contribution in [0.3, 0.4) is 0 Å². The smallest absolute Gasteiger partial charge is 0.274 e. The Morgan fingerprint density at radius 2 is 1.88 bits per heavy atom. The van der Waals surface area contributed by atoms with Crippen molar-refractivity contribution in [2.45, 2.75) is 5.16 Å². The van der Waals surface area contributed by atoms with Crippen LogP contribution in [0.1, 0.15) is 10.5 Å². The van der Waals surface area contributed by atoms with Crippen LogP contribution >= 0.6 is 11.8 Å². The van der Waals surface area contributed by atoms with Crippen LogP contribution in [0, 0.1) is 11.6 Å². The molecule has 24 heavy (non-hydrogen) atoms. The van der Waals surface area contributed by atoms with Crippen LogP contribution in [-0.2, 0) is 0 Å². The fourth-order valence-corrected chi connectivity index (χ4v) is 2.78. The van der Waals surface area contributed by atoms with Gasteiger partial charge in [-0.1, -0.05) is 30.0 Å². The fraction of sp³-hybridized carbons (Fsp3) is 0.0588. The third-order valence-electron chi connectivity index (χ3n) is 3.34. The summed E-state index contributed by atoms with van der Waals surface area (Å²) in [7, 11) is 0. The van der Waals surface area contributed by atoms with Crippen LogP contribution in [0.5, 0.6) is 0 Å². The Balaban J connectivity index is 1.95. The molecule has 1 aromatic heterocycles. The lowest BCUT2D eigenvalue weighted by atomic mass is 10.2. The van der Waals surface area contributed by atoms with Gasteiger partial charge >= 0.3 is 0 Å². The van der Waals surface area contributed by atoms with Gasteiger partial charge in [-0.15, -0.1) is 0 Å². The Kier molecular flexibility index (Phi) is 4.61. The van der Waals surface area contributed by atoms with Crippen molar-refractivity contribution in [3.05, 3.63) is 72.1 Å². The van der Waals surface area contributed by atoms with E-state index in [0.717, 1.165) is 17.8 Å². The molecule has 0 aliphatic heterocycles. The summed E-state index contributed by atoms with van der Waals surface area (Å²) in [4.78, 5) is 16.8. The highest BCUT2D eigenvalue weighted by molar-refractivity contribution is 7.98. The first-order valence-electron chi connectivity index (χ1n) is 7.03. The van der Waals surface area contributed by atoms with Crippen molar-refractivity contribution in [3.63, 3.8) is 0 Å². The second kappa shape index (κ2) is 6.84. The molecule has 0 atom stereocenters. The summed E-state index contributed by atoms with van der Waals surface area (Å²) in [5.74, 6) is -2.45. The minimum Gasteiger partial charge on any atom is -0.321 e. The van der Waals surface area contributed by atoms with Crippen LogP contribution in [0.15, 0.2) is 59.9 Å². The van der Waals surface area contributed by atoms with Gasteiger partial charge in [0, 0.05) is 17.4 Å². The van der Waals surface area contributed by atoms with E-state index >= 15 is 0 Å². The highest BCUT2D eigenvalue weighted by atomic mass is 32.2. The zero-order valence-corrected chi connectivity index (χ0v) is 13.5.